The Hall–Kier alpha value is -0.180. The van der Waals surface area contributed by atoms with Crippen LogP contribution < -0.4 is 0 Å². The summed E-state index contributed by atoms with van der Waals surface area (Å²) in [4.78, 5) is 12.0. The molecular weight excluding hydrogens is 268 g/mol. The molecule has 20 heavy (non-hydrogen) atoms. The van der Waals surface area contributed by atoms with Crippen molar-refractivity contribution in [2.75, 3.05) is 5.75 Å². The molecule has 0 N–H and O–H groups in total. The second-order valence-electron chi connectivity index (χ2n) is 7.66. The fourth-order valence-electron chi connectivity index (χ4n) is 6.66. The number of esters is 1. The van der Waals surface area contributed by atoms with Crippen LogP contribution in [0.2, 0.25) is 0 Å². The molecule has 112 valence electrons. The van der Waals surface area contributed by atoms with E-state index in [1.54, 1.807) is 0 Å². The van der Waals surface area contributed by atoms with Gasteiger partial charge < -0.3 is 4.74 Å². The molecule has 0 heterocycles. The Morgan fingerprint density at radius 2 is 1.95 bits per heavy atom. The van der Waals surface area contributed by atoms with E-state index in [9.17, 15) is 4.79 Å². The van der Waals surface area contributed by atoms with Crippen LogP contribution in [-0.4, -0.2) is 17.3 Å². The Labute approximate surface area is 127 Å². The average Bonchev–Trinajstić information content (AvgIpc) is 3.16. The van der Waals surface area contributed by atoms with Gasteiger partial charge in [0.1, 0.15) is 5.60 Å². The summed E-state index contributed by atoms with van der Waals surface area (Å²) >= 11 is 4.16. The third-order valence-corrected chi connectivity index (χ3v) is 7.35. The number of thiol groups is 1. The summed E-state index contributed by atoms with van der Waals surface area (Å²) < 4.78 is 6.05. The van der Waals surface area contributed by atoms with Gasteiger partial charge in [0.05, 0.1) is 6.42 Å². The minimum absolute atomic E-state index is 0.0193. The molecule has 0 saturated heterocycles. The molecule has 0 aliphatic heterocycles. The van der Waals surface area contributed by atoms with Crippen molar-refractivity contribution in [1.82, 2.24) is 0 Å². The van der Waals surface area contributed by atoms with Gasteiger partial charge in [0.25, 0.3) is 0 Å². The van der Waals surface area contributed by atoms with E-state index in [1.807, 2.05) is 0 Å². The maximum atomic E-state index is 12.0. The maximum absolute atomic E-state index is 12.0. The van der Waals surface area contributed by atoms with Crippen molar-refractivity contribution in [3.05, 3.63) is 0 Å². The number of carbonyl (C=O) groups is 1. The monoisotopic (exact) mass is 294 g/mol. The first-order valence-corrected chi connectivity index (χ1v) is 9.14. The van der Waals surface area contributed by atoms with Crippen LogP contribution >= 0.6 is 12.6 Å². The van der Waals surface area contributed by atoms with Crippen molar-refractivity contribution in [3.63, 3.8) is 0 Å². The van der Waals surface area contributed by atoms with E-state index < -0.39 is 0 Å². The fraction of sp³-hybridized carbons (Fsp3) is 0.941. The van der Waals surface area contributed by atoms with Gasteiger partial charge >= 0.3 is 5.97 Å². The number of fused-ring (bicyclic) bond motifs is 9. The minimum Gasteiger partial charge on any atom is -0.459 e. The number of hydrogen-bond acceptors (Lipinski definition) is 3. The molecule has 3 heteroatoms. The zero-order valence-corrected chi connectivity index (χ0v) is 13.3. The summed E-state index contributed by atoms with van der Waals surface area (Å²) in [5.74, 6) is 5.94. The summed E-state index contributed by atoms with van der Waals surface area (Å²) in [7, 11) is 0. The molecule has 7 unspecified atom stereocenters. The van der Waals surface area contributed by atoms with Crippen LogP contribution in [0.25, 0.3) is 0 Å². The van der Waals surface area contributed by atoms with E-state index in [-0.39, 0.29) is 11.6 Å². The van der Waals surface area contributed by atoms with E-state index in [0.717, 1.165) is 42.4 Å². The Balaban J connectivity index is 1.57. The second-order valence-corrected chi connectivity index (χ2v) is 8.11. The van der Waals surface area contributed by atoms with Crippen LogP contribution in [0, 0.1) is 35.5 Å². The summed E-state index contributed by atoms with van der Waals surface area (Å²) in [6.07, 6.45) is 8.36. The normalized spacial score (nSPS) is 51.5. The topological polar surface area (TPSA) is 26.3 Å². The van der Waals surface area contributed by atoms with Crippen LogP contribution in [0.15, 0.2) is 0 Å². The molecule has 7 atom stereocenters. The molecule has 4 aliphatic carbocycles. The number of ether oxygens (including phenoxy) is 1. The average molecular weight is 294 g/mol. The van der Waals surface area contributed by atoms with Crippen molar-refractivity contribution in [1.29, 1.82) is 0 Å². The number of carbonyl (C=O) groups excluding carboxylic acids is 1. The van der Waals surface area contributed by atoms with Gasteiger partial charge in [0.15, 0.2) is 0 Å². The van der Waals surface area contributed by atoms with Crippen LogP contribution in [0.5, 0.6) is 0 Å². The molecule has 4 bridgehead atoms. The highest BCUT2D eigenvalue weighted by molar-refractivity contribution is 7.80. The SMILES string of the molecule is CCC1(OC(=O)CCS)CC2CC1C1C3CCC(C3)C21. The lowest BCUT2D eigenvalue weighted by molar-refractivity contribution is -0.172. The van der Waals surface area contributed by atoms with Crippen molar-refractivity contribution >= 4 is 18.6 Å². The zero-order chi connectivity index (χ0) is 13.9. The molecule has 4 fully saturated rings. The van der Waals surface area contributed by atoms with Gasteiger partial charge in [-0.3, -0.25) is 4.79 Å². The van der Waals surface area contributed by atoms with Gasteiger partial charge in [-0.25, -0.2) is 0 Å². The van der Waals surface area contributed by atoms with Gasteiger partial charge in [-0.2, -0.15) is 12.6 Å². The molecule has 4 saturated carbocycles. The van der Waals surface area contributed by atoms with E-state index in [2.05, 4.69) is 19.6 Å². The van der Waals surface area contributed by atoms with Crippen molar-refractivity contribution in [3.8, 4) is 0 Å². The fourth-order valence-corrected chi connectivity index (χ4v) is 6.84. The molecule has 0 aromatic heterocycles. The van der Waals surface area contributed by atoms with Crippen LogP contribution in [0.3, 0.4) is 0 Å². The summed E-state index contributed by atoms with van der Waals surface area (Å²) in [6, 6.07) is 0. The van der Waals surface area contributed by atoms with Crippen molar-refractivity contribution < 1.29 is 9.53 Å². The van der Waals surface area contributed by atoms with Crippen molar-refractivity contribution in [2.24, 2.45) is 35.5 Å². The van der Waals surface area contributed by atoms with Crippen molar-refractivity contribution in [2.45, 2.75) is 57.5 Å². The summed E-state index contributed by atoms with van der Waals surface area (Å²) in [5, 5.41) is 0. The summed E-state index contributed by atoms with van der Waals surface area (Å²) in [5.41, 5.74) is -0.115. The van der Waals surface area contributed by atoms with E-state index in [1.165, 1.54) is 25.7 Å². The molecule has 0 aromatic rings. The molecular formula is C17H26O2S. The standard InChI is InChI=1S/C17H26O2S/c1-2-17(19-14(18)5-6-20)9-12-8-13(17)16-11-4-3-10(7-11)15(12)16/h10-13,15-16,20H,2-9H2,1H3. The lowest BCUT2D eigenvalue weighted by atomic mass is 9.65. The van der Waals surface area contributed by atoms with Gasteiger partial charge in [-0.15, -0.1) is 0 Å². The molecule has 0 aromatic carbocycles. The maximum Gasteiger partial charge on any atom is 0.307 e. The zero-order valence-electron chi connectivity index (χ0n) is 12.4. The Morgan fingerprint density at radius 3 is 2.65 bits per heavy atom. The highest BCUT2D eigenvalue weighted by Crippen LogP contribution is 2.70. The first-order valence-electron chi connectivity index (χ1n) is 8.51. The Morgan fingerprint density at radius 1 is 1.20 bits per heavy atom. The predicted octanol–water partition coefficient (Wildman–Crippen LogP) is 3.70. The van der Waals surface area contributed by atoms with Crippen LogP contribution in [-0.2, 0) is 9.53 Å². The summed E-state index contributed by atoms with van der Waals surface area (Å²) in [6.45, 7) is 2.22. The smallest absolute Gasteiger partial charge is 0.307 e. The van der Waals surface area contributed by atoms with E-state index >= 15 is 0 Å². The Kier molecular flexibility index (Phi) is 3.14. The molecule has 0 spiro atoms. The van der Waals surface area contributed by atoms with E-state index in [4.69, 9.17) is 4.74 Å². The minimum atomic E-state index is -0.115. The number of rotatable bonds is 4. The van der Waals surface area contributed by atoms with Gasteiger partial charge in [-0.05, 0) is 68.1 Å². The molecule has 0 radical (unpaired) electrons. The highest BCUT2D eigenvalue weighted by Gasteiger charge is 2.67. The quantitative estimate of drug-likeness (QED) is 0.486. The van der Waals surface area contributed by atoms with Crippen LogP contribution in [0.4, 0.5) is 0 Å². The molecule has 2 nitrogen and oxygen atoms in total. The van der Waals surface area contributed by atoms with E-state index in [0.29, 0.717) is 18.1 Å². The third kappa shape index (κ3) is 1.68. The number of hydrogen-bond donors (Lipinski definition) is 1. The predicted molar refractivity (Wildman–Crippen MR) is 81.6 cm³/mol. The first-order chi connectivity index (χ1) is 9.68. The third-order valence-electron chi connectivity index (χ3n) is 7.13. The Bertz CT molecular complexity index is 423. The second kappa shape index (κ2) is 4.66. The van der Waals surface area contributed by atoms with Gasteiger partial charge in [-0.1, -0.05) is 6.92 Å². The van der Waals surface area contributed by atoms with Gasteiger partial charge in [0, 0.05) is 11.7 Å². The lowest BCUT2D eigenvalue weighted by Crippen LogP contribution is -2.47. The highest BCUT2D eigenvalue weighted by atomic mass is 32.1. The van der Waals surface area contributed by atoms with Gasteiger partial charge in [0.2, 0.25) is 0 Å². The van der Waals surface area contributed by atoms with Crippen LogP contribution in [0.1, 0.15) is 51.9 Å². The molecule has 0 amide bonds. The largest absolute Gasteiger partial charge is 0.459 e. The first kappa shape index (κ1) is 13.5. The lowest BCUT2D eigenvalue weighted by Gasteiger charge is -2.45. The molecule has 4 aliphatic rings. The molecule has 4 rings (SSSR count).